The third kappa shape index (κ3) is 2.93. The van der Waals surface area contributed by atoms with Crippen molar-refractivity contribution in [3.8, 4) is 5.75 Å². The molecular weight excluding hydrogens is 274 g/mol. The molecule has 3 nitrogen and oxygen atoms in total. The average molecular weight is 294 g/mol. The van der Waals surface area contributed by atoms with Crippen molar-refractivity contribution in [1.29, 1.82) is 0 Å². The Kier molecular flexibility index (Phi) is 3.88. The lowest BCUT2D eigenvalue weighted by atomic mass is 10.0. The summed E-state index contributed by atoms with van der Waals surface area (Å²) in [7, 11) is 0. The second-order valence-corrected chi connectivity index (χ2v) is 6.31. The lowest BCUT2D eigenvalue weighted by Gasteiger charge is -2.13. The molecule has 1 aromatic rings. The smallest absolute Gasteiger partial charge is 0.227 e. The normalized spacial score (nSPS) is 27.0. The van der Waals surface area contributed by atoms with Crippen LogP contribution in [0.2, 0.25) is 5.02 Å². The first-order valence-corrected chi connectivity index (χ1v) is 7.78. The van der Waals surface area contributed by atoms with Gasteiger partial charge in [-0.15, -0.1) is 0 Å². The van der Waals surface area contributed by atoms with Gasteiger partial charge in [0.15, 0.2) is 0 Å². The molecule has 4 heteroatoms. The number of anilines is 1. The Morgan fingerprint density at radius 2 is 2.10 bits per heavy atom. The summed E-state index contributed by atoms with van der Waals surface area (Å²) >= 11 is 6.16. The van der Waals surface area contributed by atoms with Gasteiger partial charge in [-0.25, -0.2) is 0 Å². The van der Waals surface area contributed by atoms with Gasteiger partial charge in [-0.1, -0.05) is 18.5 Å². The highest BCUT2D eigenvalue weighted by Crippen LogP contribution is 2.54. The molecule has 2 aliphatic carbocycles. The van der Waals surface area contributed by atoms with E-state index in [-0.39, 0.29) is 11.8 Å². The molecular formula is C16H20ClNO2. The highest BCUT2D eigenvalue weighted by molar-refractivity contribution is 6.32. The van der Waals surface area contributed by atoms with E-state index >= 15 is 0 Å². The number of benzene rings is 1. The van der Waals surface area contributed by atoms with Gasteiger partial charge in [-0.2, -0.15) is 0 Å². The van der Waals surface area contributed by atoms with Gasteiger partial charge >= 0.3 is 0 Å². The Labute approximate surface area is 124 Å². The summed E-state index contributed by atoms with van der Waals surface area (Å²) < 4.78 is 5.52. The molecule has 0 radical (unpaired) electrons. The van der Waals surface area contributed by atoms with E-state index in [1.165, 1.54) is 6.42 Å². The Morgan fingerprint density at radius 3 is 2.75 bits per heavy atom. The van der Waals surface area contributed by atoms with Crippen molar-refractivity contribution in [3.63, 3.8) is 0 Å². The van der Waals surface area contributed by atoms with Crippen molar-refractivity contribution in [2.45, 2.75) is 32.6 Å². The molecule has 2 fully saturated rings. The zero-order valence-electron chi connectivity index (χ0n) is 11.7. The van der Waals surface area contributed by atoms with Crippen molar-refractivity contribution < 1.29 is 9.53 Å². The van der Waals surface area contributed by atoms with E-state index in [0.717, 1.165) is 36.8 Å². The van der Waals surface area contributed by atoms with Crippen LogP contribution < -0.4 is 10.1 Å². The lowest BCUT2D eigenvalue weighted by molar-refractivity contribution is -0.120. The highest BCUT2D eigenvalue weighted by atomic mass is 35.5. The van der Waals surface area contributed by atoms with Gasteiger partial charge < -0.3 is 10.1 Å². The quantitative estimate of drug-likeness (QED) is 0.887. The van der Waals surface area contributed by atoms with Crippen LogP contribution in [0.3, 0.4) is 0 Å². The minimum Gasteiger partial charge on any atom is -0.492 e. The lowest BCUT2D eigenvalue weighted by Crippen LogP contribution is -2.21. The Balaban J connectivity index is 1.59. The molecule has 2 saturated carbocycles. The molecule has 1 N–H and O–H groups in total. The van der Waals surface area contributed by atoms with E-state index in [2.05, 4.69) is 12.2 Å². The van der Waals surface area contributed by atoms with Crippen molar-refractivity contribution in [2.24, 2.45) is 17.8 Å². The Bertz CT molecular complexity index is 507. The first kappa shape index (κ1) is 13.7. The van der Waals surface area contributed by atoms with Gasteiger partial charge in [0.05, 0.1) is 11.6 Å². The number of hydrogen-bond acceptors (Lipinski definition) is 2. The van der Waals surface area contributed by atoms with Crippen molar-refractivity contribution in [2.75, 3.05) is 11.9 Å². The van der Waals surface area contributed by atoms with Crippen molar-refractivity contribution in [3.05, 3.63) is 23.2 Å². The second kappa shape index (κ2) is 5.65. The third-order valence-corrected chi connectivity index (χ3v) is 4.57. The van der Waals surface area contributed by atoms with Crippen molar-refractivity contribution in [1.82, 2.24) is 0 Å². The number of halogens is 1. The zero-order chi connectivity index (χ0) is 14.1. The maximum absolute atomic E-state index is 12.2. The average Bonchev–Trinajstić information content (AvgIpc) is 3.04. The number of rotatable bonds is 5. The second-order valence-electron chi connectivity index (χ2n) is 5.91. The molecule has 3 rings (SSSR count). The predicted molar refractivity (Wildman–Crippen MR) is 80.2 cm³/mol. The fourth-order valence-corrected chi connectivity index (χ4v) is 3.32. The van der Waals surface area contributed by atoms with Gasteiger partial charge in [0.25, 0.3) is 0 Å². The summed E-state index contributed by atoms with van der Waals surface area (Å²) in [5.74, 6) is 2.64. The van der Waals surface area contributed by atoms with Gasteiger partial charge in [0, 0.05) is 11.6 Å². The number of carbonyl (C=O) groups is 1. The number of nitrogens with one attached hydrogen (secondary N) is 1. The summed E-state index contributed by atoms with van der Waals surface area (Å²) in [6.07, 6.45) is 4.39. The van der Waals surface area contributed by atoms with E-state index in [4.69, 9.17) is 16.3 Å². The molecule has 2 atom stereocenters. The number of hydrogen-bond donors (Lipinski definition) is 1. The van der Waals surface area contributed by atoms with Crippen LogP contribution in [0, 0.1) is 17.8 Å². The van der Waals surface area contributed by atoms with Gasteiger partial charge in [0.2, 0.25) is 5.91 Å². The van der Waals surface area contributed by atoms with Crippen LogP contribution in [0.4, 0.5) is 5.69 Å². The molecule has 0 saturated heterocycles. The summed E-state index contributed by atoms with van der Waals surface area (Å²) in [6.45, 7) is 2.70. The summed E-state index contributed by atoms with van der Waals surface area (Å²) in [5, 5.41) is 3.52. The Morgan fingerprint density at radius 1 is 1.35 bits per heavy atom. The number of carbonyl (C=O) groups excluding carboxylic acids is 1. The van der Waals surface area contributed by atoms with Gasteiger partial charge in [-0.05, 0) is 55.7 Å². The fourth-order valence-electron chi connectivity index (χ4n) is 3.08. The summed E-state index contributed by atoms with van der Waals surface area (Å²) in [6, 6.07) is 5.43. The first-order chi connectivity index (χ1) is 9.67. The molecule has 2 unspecified atom stereocenters. The van der Waals surface area contributed by atoms with E-state index in [0.29, 0.717) is 17.4 Å². The third-order valence-electron chi connectivity index (χ3n) is 4.28. The van der Waals surface area contributed by atoms with Crippen LogP contribution in [0.25, 0.3) is 0 Å². The van der Waals surface area contributed by atoms with Gasteiger partial charge in [-0.3, -0.25) is 4.79 Å². The molecule has 0 aromatic heterocycles. The molecule has 0 aliphatic heterocycles. The molecule has 0 bridgehead atoms. The molecule has 2 aliphatic rings. The number of amides is 1. The monoisotopic (exact) mass is 293 g/mol. The van der Waals surface area contributed by atoms with E-state index in [1.807, 2.05) is 12.1 Å². The summed E-state index contributed by atoms with van der Waals surface area (Å²) in [5.41, 5.74) is 0.754. The van der Waals surface area contributed by atoms with Crippen LogP contribution in [-0.2, 0) is 4.79 Å². The molecule has 0 spiro atoms. The van der Waals surface area contributed by atoms with Gasteiger partial charge in [0.1, 0.15) is 5.75 Å². The van der Waals surface area contributed by atoms with Crippen LogP contribution in [-0.4, -0.2) is 12.5 Å². The predicted octanol–water partition coefficient (Wildman–Crippen LogP) is 4.11. The van der Waals surface area contributed by atoms with Crippen LogP contribution in [0.15, 0.2) is 18.2 Å². The van der Waals surface area contributed by atoms with E-state index < -0.39 is 0 Å². The van der Waals surface area contributed by atoms with Crippen LogP contribution >= 0.6 is 11.6 Å². The first-order valence-electron chi connectivity index (χ1n) is 7.40. The molecule has 108 valence electrons. The minimum atomic E-state index is 0.135. The standard InChI is InChI=1S/C16H20ClNO2/c1-2-5-20-15-4-3-13(9-14(15)17)18-16(19)12-7-10-6-11(10)8-12/h3-4,9-12H,2,5-8H2,1H3,(H,18,19). The largest absolute Gasteiger partial charge is 0.492 e. The SMILES string of the molecule is CCCOc1ccc(NC(=O)C2CC3CC3C2)cc1Cl. The topological polar surface area (TPSA) is 38.3 Å². The summed E-state index contributed by atoms with van der Waals surface area (Å²) in [4.78, 5) is 12.2. The Hall–Kier alpha value is -1.22. The maximum atomic E-state index is 12.2. The minimum absolute atomic E-state index is 0.135. The number of ether oxygens (including phenoxy) is 1. The number of fused-ring (bicyclic) bond motifs is 1. The fraction of sp³-hybridized carbons (Fsp3) is 0.562. The van der Waals surface area contributed by atoms with E-state index in [9.17, 15) is 4.79 Å². The van der Waals surface area contributed by atoms with Crippen LogP contribution in [0.5, 0.6) is 5.75 Å². The van der Waals surface area contributed by atoms with E-state index in [1.54, 1.807) is 6.07 Å². The maximum Gasteiger partial charge on any atom is 0.227 e. The molecule has 1 amide bonds. The highest BCUT2D eigenvalue weighted by Gasteiger charge is 2.47. The zero-order valence-corrected chi connectivity index (χ0v) is 12.5. The molecule has 1 aromatic carbocycles. The van der Waals surface area contributed by atoms with Crippen LogP contribution in [0.1, 0.15) is 32.6 Å². The molecule has 20 heavy (non-hydrogen) atoms. The van der Waals surface area contributed by atoms with Crippen molar-refractivity contribution >= 4 is 23.2 Å². The molecule has 0 heterocycles.